The van der Waals surface area contributed by atoms with Crippen LogP contribution in [-0.4, -0.2) is 15.3 Å². The van der Waals surface area contributed by atoms with Gasteiger partial charge >= 0.3 is 5.97 Å². The Bertz CT molecular complexity index is 1030. The van der Waals surface area contributed by atoms with E-state index in [2.05, 4.69) is 72.6 Å². The van der Waals surface area contributed by atoms with E-state index in [0.717, 1.165) is 48.9 Å². The topological polar surface area (TPSA) is 26.3 Å². The number of halogens is 2. The van der Waals surface area contributed by atoms with Crippen LogP contribution in [-0.2, 0) is 4.74 Å². The maximum absolute atomic E-state index is 12.7. The van der Waals surface area contributed by atoms with Gasteiger partial charge in [-0.1, -0.05) is 116 Å². The maximum atomic E-state index is 12.7. The SMILES string of the molecule is CC(C)CCC[C@@H](C)[C@H]1C(Br)(Br)C[C@H]2[C@@H]3CC=C4C[C@@H](OC(=O)c5ccccc5)CC[C@]4(C)[C@H]3CC[C@@]21C. The van der Waals surface area contributed by atoms with Crippen LogP contribution in [0, 0.1) is 46.3 Å². The van der Waals surface area contributed by atoms with Gasteiger partial charge in [-0.25, -0.2) is 4.79 Å². The smallest absolute Gasteiger partial charge is 0.338 e. The van der Waals surface area contributed by atoms with Crippen LogP contribution < -0.4 is 0 Å². The molecule has 4 heteroatoms. The Morgan fingerprint density at radius 2 is 1.76 bits per heavy atom. The first-order valence-electron chi connectivity index (χ1n) is 15.3. The van der Waals surface area contributed by atoms with E-state index in [4.69, 9.17) is 4.74 Å². The number of allylic oxidation sites excluding steroid dienone is 1. The van der Waals surface area contributed by atoms with Crippen LogP contribution in [0.2, 0.25) is 0 Å². The number of rotatable bonds is 7. The number of carbonyl (C=O) groups is 1. The molecule has 4 aliphatic rings. The first-order chi connectivity index (χ1) is 18.0. The molecule has 8 atom stereocenters. The van der Waals surface area contributed by atoms with Crippen LogP contribution in [0.1, 0.15) is 109 Å². The summed E-state index contributed by atoms with van der Waals surface area (Å²) in [5.41, 5.74) is 2.87. The number of alkyl halides is 2. The zero-order valence-corrected chi connectivity index (χ0v) is 27.3. The minimum atomic E-state index is -0.174. The van der Waals surface area contributed by atoms with E-state index < -0.39 is 0 Å². The van der Waals surface area contributed by atoms with Crippen LogP contribution in [0.5, 0.6) is 0 Å². The molecule has 0 N–H and O–H groups in total. The second-order valence-electron chi connectivity index (χ2n) is 14.2. The Morgan fingerprint density at radius 3 is 2.47 bits per heavy atom. The molecule has 0 aliphatic heterocycles. The molecular weight excluding hydrogens is 600 g/mol. The molecule has 0 bridgehead atoms. The molecule has 0 radical (unpaired) electrons. The predicted octanol–water partition coefficient (Wildman–Crippen LogP) is 10.3. The highest BCUT2D eigenvalue weighted by Gasteiger charge is 2.65. The standard InChI is InChI=1S/C34H48Br2O2/c1-22(2)10-9-11-23(3)30-33(5)19-17-28-27(29(33)21-34(30,35)36)15-14-25-20-26(16-18-32(25,28)4)38-31(37)24-12-7-6-8-13-24/h6-8,12-14,22-23,26-30H,9-11,15-21H2,1-5H3/t23-,26+,27-,28+,29+,30-,32+,33+/m1/s1. The van der Waals surface area contributed by atoms with E-state index in [-0.39, 0.29) is 20.7 Å². The summed E-state index contributed by atoms with van der Waals surface area (Å²) in [7, 11) is 0. The zero-order chi connectivity index (χ0) is 27.3. The lowest BCUT2D eigenvalue weighted by Gasteiger charge is -2.58. The van der Waals surface area contributed by atoms with Gasteiger partial charge in [0, 0.05) is 6.42 Å². The molecule has 0 unspecified atom stereocenters. The summed E-state index contributed by atoms with van der Waals surface area (Å²) >= 11 is 8.51. The van der Waals surface area contributed by atoms with Gasteiger partial charge in [0.15, 0.2) is 0 Å². The second-order valence-corrected chi connectivity index (χ2v) is 18.1. The normalized spacial score (nSPS) is 38.5. The number of ether oxygens (including phenoxy) is 1. The van der Waals surface area contributed by atoms with Gasteiger partial charge in [-0.3, -0.25) is 0 Å². The molecule has 1 aromatic carbocycles. The van der Waals surface area contributed by atoms with Crippen molar-refractivity contribution in [1.82, 2.24) is 0 Å². The number of hydrogen-bond donors (Lipinski definition) is 0. The van der Waals surface area contributed by atoms with Crippen LogP contribution in [0.15, 0.2) is 42.0 Å². The zero-order valence-electron chi connectivity index (χ0n) is 24.1. The number of esters is 1. The van der Waals surface area contributed by atoms with Gasteiger partial charge in [0.1, 0.15) is 6.10 Å². The largest absolute Gasteiger partial charge is 0.458 e. The molecule has 0 amide bonds. The maximum Gasteiger partial charge on any atom is 0.338 e. The molecule has 1 aromatic rings. The lowest BCUT2D eigenvalue weighted by atomic mass is 9.47. The Kier molecular flexibility index (Phi) is 8.36. The van der Waals surface area contributed by atoms with Crippen molar-refractivity contribution in [3.63, 3.8) is 0 Å². The van der Waals surface area contributed by atoms with Gasteiger partial charge < -0.3 is 4.74 Å². The molecule has 0 heterocycles. The molecule has 5 rings (SSSR count). The van der Waals surface area contributed by atoms with Gasteiger partial charge in [0.2, 0.25) is 0 Å². The number of benzene rings is 1. The fourth-order valence-corrected chi connectivity index (χ4v) is 12.3. The lowest BCUT2D eigenvalue weighted by molar-refractivity contribution is -0.0594. The summed E-state index contributed by atoms with van der Waals surface area (Å²) in [5.74, 6) is 4.26. The minimum absolute atomic E-state index is 0.00715. The Morgan fingerprint density at radius 1 is 1.03 bits per heavy atom. The molecule has 0 saturated heterocycles. The van der Waals surface area contributed by atoms with Crippen molar-refractivity contribution in [3.05, 3.63) is 47.5 Å². The first kappa shape index (κ1) is 28.9. The van der Waals surface area contributed by atoms with Gasteiger partial charge in [-0.05, 0) is 97.0 Å². The third-order valence-corrected chi connectivity index (χ3v) is 13.1. The van der Waals surface area contributed by atoms with Gasteiger partial charge in [-0.2, -0.15) is 0 Å². The van der Waals surface area contributed by atoms with Crippen LogP contribution >= 0.6 is 31.9 Å². The van der Waals surface area contributed by atoms with E-state index in [1.54, 1.807) is 5.57 Å². The molecule has 0 aromatic heterocycles. The molecule has 2 nitrogen and oxygen atoms in total. The van der Waals surface area contributed by atoms with Crippen molar-refractivity contribution in [2.45, 2.75) is 108 Å². The van der Waals surface area contributed by atoms with E-state index in [1.165, 1.54) is 44.9 Å². The highest BCUT2D eigenvalue weighted by Crippen LogP contribution is 2.72. The Hall–Kier alpha value is -0.610. The van der Waals surface area contributed by atoms with Gasteiger partial charge in [0.25, 0.3) is 0 Å². The quantitative estimate of drug-likeness (QED) is 0.167. The lowest BCUT2D eigenvalue weighted by Crippen LogP contribution is -2.51. The average molecular weight is 649 g/mol. The number of hydrogen-bond acceptors (Lipinski definition) is 2. The monoisotopic (exact) mass is 646 g/mol. The summed E-state index contributed by atoms with van der Waals surface area (Å²) in [6.45, 7) is 12.4. The van der Waals surface area contributed by atoms with Crippen LogP contribution in [0.3, 0.4) is 0 Å². The summed E-state index contributed by atoms with van der Waals surface area (Å²) < 4.78 is 6.07. The number of carbonyl (C=O) groups excluding carboxylic acids is 1. The first-order valence-corrected chi connectivity index (χ1v) is 16.9. The third kappa shape index (κ3) is 5.24. The summed E-state index contributed by atoms with van der Waals surface area (Å²) in [6, 6.07) is 9.46. The van der Waals surface area contributed by atoms with Crippen molar-refractivity contribution in [1.29, 1.82) is 0 Å². The summed E-state index contributed by atoms with van der Waals surface area (Å²) in [4.78, 5) is 12.7. The number of fused-ring (bicyclic) bond motifs is 5. The molecular formula is C34H48Br2O2. The van der Waals surface area contributed by atoms with E-state index >= 15 is 0 Å². The van der Waals surface area contributed by atoms with Crippen molar-refractivity contribution >= 4 is 37.8 Å². The van der Waals surface area contributed by atoms with Gasteiger partial charge in [-0.15, -0.1) is 0 Å². The average Bonchev–Trinajstić information content (AvgIpc) is 3.09. The van der Waals surface area contributed by atoms with Gasteiger partial charge in [0.05, 0.1) is 8.80 Å². The second kappa shape index (κ2) is 11.0. The molecule has 4 aliphatic carbocycles. The minimum Gasteiger partial charge on any atom is -0.458 e. The molecule has 210 valence electrons. The third-order valence-electron chi connectivity index (χ3n) is 11.4. The fourth-order valence-electron chi connectivity index (χ4n) is 9.62. The van der Waals surface area contributed by atoms with Crippen molar-refractivity contribution in [2.24, 2.45) is 46.3 Å². The van der Waals surface area contributed by atoms with Crippen molar-refractivity contribution < 1.29 is 9.53 Å². The van der Waals surface area contributed by atoms with Crippen molar-refractivity contribution in [2.75, 3.05) is 0 Å². The Labute approximate surface area is 248 Å². The predicted molar refractivity (Wildman–Crippen MR) is 165 cm³/mol. The molecule has 38 heavy (non-hydrogen) atoms. The van der Waals surface area contributed by atoms with Crippen LogP contribution in [0.4, 0.5) is 0 Å². The molecule has 3 saturated carbocycles. The van der Waals surface area contributed by atoms with E-state index in [0.29, 0.717) is 16.9 Å². The summed E-state index contributed by atoms with van der Waals surface area (Å²) in [6.07, 6.45) is 14.8. The molecule has 3 fully saturated rings. The Balaban J connectivity index is 1.31. The highest BCUT2D eigenvalue weighted by atomic mass is 79.9. The van der Waals surface area contributed by atoms with E-state index in [9.17, 15) is 4.79 Å². The van der Waals surface area contributed by atoms with Crippen molar-refractivity contribution in [3.8, 4) is 0 Å². The highest BCUT2D eigenvalue weighted by molar-refractivity contribution is 9.25. The van der Waals surface area contributed by atoms with Crippen LogP contribution in [0.25, 0.3) is 0 Å². The summed E-state index contributed by atoms with van der Waals surface area (Å²) in [5, 5.41) is 0. The van der Waals surface area contributed by atoms with E-state index in [1.807, 2.05) is 30.3 Å². The fraction of sp³-hybridized carbons (Fsp3) is 0.735. The molecule has 0 spiro atoms.